The van der Waals surface area contributed by atoms with Crippen molar-refractivity contribution in [1.82, 2.24) is 10.2 Å². The summed E-state index contributed by atoms with van der Waals surface area (Å²) in [5.41, 5.74) is 3.14. The normalized spacial score (nSPS) is 14.8. The number of hydrogen-bond acceptors (Lipinski definition) is 4. The number of amides is 1. The van der Waals surface area contributed by atoms with E-state index < -0.39 is 0 Å². The fourth-order valence-electron chi connectivity index (χ4n) is 3.40. The standard InChI is InChI=1S/C22H29N3O2/c1-3-12-23-22(26)19-10-8-18(9-11-19)17-24-13-15-25(16-14-24)20-6-4-5-7-21(20)27-2/h4-11H,3,12-17H2,1-2H3,(H,23,26). The first-order valence-corrected chi connectivity index (χ1v) is 9.68. The summed E-state index contributed by atoms with van der Waals surface area (Å²) >= 11 is 0. The molecule has 144 valence electrons. The monoisotopic (exact) mass is 367 g/mol. The zero-order valence-electron chi connectivity index (χ0n) is 16.3. The van der Waals surface area contributed by atoms with Gasteiger partial charge in [0.1, 0.15) is 5.75 Å². The number of ether oxygens (including phenoxy) is 1. The Balaban J connectivity index is 1.52. The van der Waals surface area contributed by atoms with E-state index in [1.165, 1.54) is 11.3 Å². The maximum absolute atomic E-state index is 12.0. The molecule has 0 bridgehead atoms. The van der Waals surface area contributed by atoms with E-state index in [9.17, 15) is 4.79 Å². The molecule has 0 radical (unpaired) electrons. The minimum Gasteiger partial charge on any atom is -0.495 e. The van der Waals surface area contributed by atoms with Crippen LogP contribution >= 0.6 is 0 Å². The Bertz CT molecular complexity index is 737. The summed E-state index contributed by atoms with van der Waals surface area (Å²) in [7, 11) is 1.72. The molecular weight excluding hydrogens is 338 g/mol. The second kappa shape index (κ2) is 9.42. The summed E-state index contributed by atoms with van der Waals surface area (Å²) in [5, 5.41) is 2.91. The van der Waals surface area contributed by atoms with Crippen LogP contribution in [0.25, 0.3) is 0 Å². The predicted molar refractivity (Wildman–Crippen MR) is 110 cm³/mol. The van der Waals surface area contributed by atoms with Crippen LogP contribution in [0.15, 0.2) is 48.5 Å². The van der Waals surface area contributed by atoms with Crippen molar-refractivity contribution in [2.75, 3.05) is 44.7 Å². The number of rotatable bonds is 7. The Morgan fingerprint density at radius 2 is 1.74 bits per heavy atom. The summed E-state index contributed by atoms with van der Waals surface area (Å²) in [6, 6.07) is 16.2. The second-order valence-corrected chi connectivity index (χ2v) is 6.89. The lowest BCUT2D eigenvalue weighted by molar-refractivity contribution is 0.0953. The molecule has 1 aliphatic rings. The van der Waals surface area contributed by atoms with Crippen molar-refractivity contribution in [3.05, 3.63) is 59.7 Å². The van der Waals surface area contributed by atoms with Gasteiger partial charge in [0.15, 0.2) is 0 Å². The first-order chi connectivity index (χ1) is 13.2. The molecule has 2 aromatic carbocycles. The molecule has 1 amide bonds. The third-order valence-corrected chi connectivity index (χ3v) is 4.96. The summed E-state index contributed by atoms with van der Waals surface area (Å²) in [4.78, 5) is 16.8. The number of carbonyl (C=O) groups is 1. The van der Waals surface area contributed by atoms with Crippen molar-refractivity contribution in [1.29, 1.82) is 0 Å². The molecule has 27 heavy (non-hydrogen) atoms. The van der Waals surface area contributed by atoms with Crippen LogP contribution in [0.2, 0.25) is 0 Å². The summed E-state index contributed by atoms with van der Waals surface area (Å²) < 4.78 is 5.49. The summed E-state index contributed by atoms with van der Waals surface area (Å²) in [6.07, 6.45) is 0.949. The molecule has 5 heteroatoms. The lowest BCUT2D eigenvalue weighted by atomic mass is 10.1. The summed E-state index contributed by atoms with van der Waals surface area (Å²) in [6.45, 7) is 7.67. The van der Waals surface area contributed by atoms with Crippen molar-refractivity contribution < 1.29 is 9.53 Å². The average Bonchev–Trinajstić information content (AvgIpc) is 2.73. The molecule has 1 N–H and O–H groups in total. The van der Waals surface area contributed by atoms with Crippen LogP contribution in [0.1, 0.15) is 29.3 Å². The Hall–Kier alpha value is -2.53. The number of hydrogen-bond donors (Lipinski definition) is 1. The molecule has 0 aliphatic carbocycles. The lowest BCUT2D eigenvalue weighted by Crippen LogP contribution is -2.46. The quantitative estimate of drug-likeness (QED) is 0.817. The van der Waals surface area contributed by atoms with Crippen LogP contribution in [0.5, 0.6) is 5.75 Å². The van der Waals surface area contributed by atoms with E-state index in [2.05, 4.69) is 46.3 Å². The second-order valence-electron chi connectivity index (χ2n) is 6.89. The zero-order chi connectivity index (χ0) is 19.1. The number of nitrogens with zero attached hydrogens (tertiary/aromatic N) is 2. The van der Waals surface area contributed by atoms with Crippen LogP contribution in [-0.2, 0) is 6.54 Å². The summed E-state index contributed by atoms with van der Waals surface area (Å²) in [5.74, 6) is 0.941. The third kappa shape index (κ3) is 5.01. The fourth-order valence-corrected chi connectivity index (χ4v) is 3.40. The molecule has 0 saturated carbocycles. The highest BCUT2D eigenvalue weighted by Crippen LogP contribution is 2.28. The van der Waals surface area contributed by atoms with Crippen LogP contribution in [0.4, 0.5) is 5.69 Å². The number of carbonyl (C=O) groups excluding carboxylic acids is 1. The van der Waals surface area contributed by atoms with Crippen molar-refractivity contribution in [3.63, 3.8) is 0 Å². The lowest BCUT2D eigenvalue weighted by Gasteiger charge is -2.36. The topological polar surface area (TPSA) is 44.8 Å². The largest absolute Gasteiger partial charge is 0.495 e. The number of nitrogens with one attached hydrogen (secondary N) is 1. The fraction of sp³-hybridized carbons (Fsp3) is 0.409. The molecule has 2 aromatic rings. The van der Waals surface area contributed by atoms with Gasteiger partial charge >= 0.3 is 0 Å². The Morgan fingerprint density at radius 1 is 1.04 bits per heavy atom. The number of anilines is 1. The van der Waals surface area contributed by atoms with E-state index in [1.54, 1.807) is 7.11 Å². The van der Waals surface area contributed by atoms with Gasteiger partial charge < -0.3 is 15.0 Å². The van der Waals surface area contributed by atoms with Crippen molar-refractivity contribution in [2.24, 2.45) is 0 Å². The van der Waals surface area contributed by atoms with Gasteiger partial charge in [0.2, 0.25) is 0 Å². The molecule has 1 heterocycles. The van der Waals surface area contributed by atoms with Gasteiger partial charge in [-0.1, -0.05) is 31.2 Å². The van der Waals surface area contributed by atoms with Gasteiger partial charge in [0.05, 0.1) is 12.8 Å². The predicted octanol–water partition coefficient (Wildman–Crippen LogP) is 3.16. The van der Waals surface area contributed by atoms with Gasteiger partial charge in [0.25, 0.3) is 5.91 Å². The van der Waals surface area contributed by atoms with Gasteiger partial charge in [-0.2, -0.15) is 0 Å². The minimum atomic E-state index is 0.00817. The average molecular weight is 367 g/mol. The molecule has 0 spiro atoms. The van der Waals surface area contributed by atoms with E-state index in [1.807, 2.05) is 24.3 Å². The van der Waals surface area contributed by atoms with Crippen LogP contribution < -0.4 is 15.0 Å². The highest BCUT2D eigenvalue weighted by atomic mass is 16.5. The molecule has 1 fully saturated rings. The number of piperazine rings is 1. The van der Waals surface area contributed by atoms with E-state index in [0.29, 0.717) is 0 Å². The molecule has 0 atom stereocenters. The number of para-hydroxylation sites is 2. The Labute approximate surface area is 161 Å². The first-order valence-electron chi connectivity index (χ1n) is 9.68. The molecule has 3 rings (SSSR count). The highest BCUT2D eigenvalue weighted by Gasteiger charge is 2.19. The minimum absolute atomic E-state index is 0.00817. The Morgan fingerprint density at radius 3 is 2.41 bits per heavy atom. The molecule has 0 unspecified atom stereocenters. The number of benzene rings is 2. The Kier molecular flexibility index (Phi) is 6.71. The van der Waals surface area contributed by atoms with E-state index >= 15 is 0 Å². The van der Waals surface area contributed by atoms with E-state index in [4.69, 9.17) is 4.74 Å². The van der Waals surface area contributed by atoms with Gasteiger partial charge in [0, 0.05) is 44.8 Å². The van der Waals surface area contributed by atoms with Gasteiger partial charge in [-0.25, -0.2) is 0 Å². The van der Waals surface area contributed by atoms with E-state index in [-0.39, 0.29) is 5.91 Å². The van der Waals surface area contributed by atoms with Crippen molar-refractivity contribution in [2.45, 2.75) is 19.9 Å². The zero-order valence-corrected chi connectivity index (χ0v) is 16.3. The van der Waals surface area contributed by atoms with Crippen LogP contribution in [0.3, 0.4) is 0 Å². The van der Waals surface area contributed by atoms with Crippen LogP contribution in [0, 0.1) is 0 Å². The van der Waals surface area contributed by atoms with Gasteiger partial charge in [-0.15, -0.1) is 0 Å². The molecule has 5 nitrogen and oxygen atoms in total. The van der Waals surface area contributed by atoms with Crippen molar-refractivity contribution >= 4 is 11.6 Å². The highest BCUT2D eigenvalue weighted by molar-refractivity contribution is 5.94. The number of methoxy groups -OCH3 is 1. The maximum atomic E-state index is 12.0. The van der Waals surface area contributed by atoms with Crippen molar-refractivity contribution in [3.8, 4) is 5.75 Å². The van der Waals surface area contributed by atoms with Gasteiger partial charge in [-0.3, -0.25) is 9.69 Å². The maximum Gasteiger partial charge on any atom is 0.251 e. The molecule has 1 aliphatic heterocycles. The van der Waals surface area contributed by atoms with Crippen LogP contribution in [-0.4, -0.2) is 50.6 Å². The van der Waals surface area contributed by atoms with E-state index in [0.717, 1.165) is 57.0 Å². The SMILES string of the molecule is CCCNC(=O)c1ccc(CN2CCN(c3ccccc3OC)CC2)cc1. The molecule has 1 saturated heterocycles. The molecule has 0 aromatic heterocycles. The van der Waals surface area contributed by atoms with Gasteiger partial charge in [-0.05, 0) is 36.2 Å². The smallest absolute Gasteiger partial charge is 0.251 e. The third-order valence-electron chi connectivity index (χ3n) is 4.96. The first kappa shape index (κ1) is 19.2. The molecular formula is C22H29N3O2.